The molecule has 2 unspecified atom stereocenters. The van der Waals surface area contributed by atoms with Gasteiger partial charge in [0.2, 0.25) is 0 Å². The Labute approximate surface area is 73.2 Å². The fourth-order valence-corrected chi connectivity index (χ4v) is 1.10. The van der Waals surface area contributed by atoms with E-state index in [0.717, 1.165) is 0 Å². The summed E-state index contributed by atoms with van der Waals surface area (Å²) in [6.07, 6.45) is 0.712. The SMILES string of the molecule is CC#CCC(N)C1COCCO1. The predicted molar refractivity (Wildman–Crippen MR) is 46.6 cm³/mol. The van der Waals surface area contributed by atoms with Crippen molar-refractivity contribution in [3.05, 3.63) is 0 Å². The lowest BCUT2D eigenvalue weighted by Crippen LogP contribution is -2.43. The molecule has 2 N–H and O–H groups in total. The number of hydrogen-bond donors (Lipinski definition) is 1. The molecule has 0 aromatic rings. The van der Waals surface area contributed by atoms with Crippen LogP contribution in [0.15, 0.2) is 0 Å². The van der Waals surface area contributed by atoms with E-state index in [2.05, 4.69) is 11.8 Å². The summed E-state index contributed by atoms with van der Waals surface area (Å²) >= 11 is 0. The van der Waals surface area contributed by atoms with Gasteiger partial charge in [-0.15, -0.1) is 11.8 Å². The Morgan fingerprint density at radius 2 is 2.42 bits per heavy atom. The molecule has 1 aliphatic rings. The zero-order valence-electron chi connectivity index (χ0n) is 7.38. The first-order valence-electron chi connectivity index (χ1n) is 4.19. The highest BCUT2D eigenvalue weighted by atomic mass is 16.6. The molecule has 0 aromatic heterocycles. The highest BCUT2D eigenvalue weighted by Gasteiger charge is 2.20. The molecular weight excluding hydrogens is 154 g/mol. The van der Waals surface area contributed by atoms with Gasteiger partial charge in [-0.1, -0.05) is 0 Å². The summed E-state index contributed by atoms with van der Waals surface area (Å²) in [6.45, 7) is 3.75. The first-order chi connectivity index (χ1) is 5.84. The smallest absolute Gasteiger partial charge is 0.0969 e. The predicted octanol–water partition coefficient (Wildman–Crippen LogP) is 0.142. The van der Waals surface area contributed by atoms with Gasteiger partial charge in [-0.2, -0.15) is 0 Å². The lowest BCUT2D eigenvalue weighted by Gasteiger charge is -2.26. The van der Waals surface area contributed by atoms with Crippen molar-refractivity contribution in [3.8, 4) is 11.8 Å². The van der Waals surface area contributed by atoms with Crippen LogP contribution >= 0.6 is 0 Å². The number of rotatable bonds is 2. The van der Waals surface area contributed by atoms with E-state index in [0.29, 0.717) is 26.2 Å². The summed E-state index contributed by atoms with van der Waals surface area (Å²) in [7, 11) is 0. The Hall–Kier alpha value is -0.560. The van der Waals surface area contributed by atoms with Crippen molar-refractivity contribution >= 4 is 0 Å². The summed E-state index contributed by atoms with van der Waals surface area (Å²) in [4.78, 5) is 0. The van der Waals surface area contributed by atoms with Gasteiger partial charge in [-0.3, -0.25) is 0 Å². The molecule has 0 saturated carbocycles. The average molecular weight is 169 g/mol. The molecule has 0 aromatic carbocycles. The molecule has 1 rings (SSSR count). The summed E-state index contributed by atoms with van der Waals surface area (Å²) in [5.41, 5.74) is 5.83. The molecule has 3 nitrogen and oxygen atoms in total. The Morgan fingerprint density at radius 1 is 1.58 bits per heavy atom. The van der Waals surface area contributed by atoms with Crippen LogP contribution in [0.5, 0.6) is 0 Å². The van der Waals surface area contributed by atoms with Gasteiger partial charge >= 0.3 is 0 Å². The van der Waals surface area contributed by atoms with Crippen LogP contribution < -0.4 is 5.73 Å². The summed E-state index contributed by atoms with van der Waals surface area (Å²) < 4.78 is 10.6. The van der Waals surface area contributed by atoms with E-state index in [4.69, 9.17) is 15.2 Å². The van der Waals surface area contributed by atoms with E-state index in [1.807, 2.05) is 6.92 Å². The molecule has 68 valence electrons. The van der Waals surface area contributed by atoms with Crippen molar-refractivity contribution in [2.45, 2.75) is 25.5 Å². The van der Waals surface area contributed by atoms with E-state index in [1.165, 1.54) is 0 Å². The molecule has 0 radical (unpaired) electrons. The quantitative estimate of drug-likeness (QED) is 0.598. The van der Waals surface area contributed by atoms with Gasteiger partial charge in [0.15, 0.2) is 0 Å². The molecular formula is C9H15NO2. The third kappa shape index (κ3) is 2.82. The first-order valence-corrected chi connectivity index (χ1v) is 4.19. The second-order valence-electron chi connectivity index (χ2n) is 2.78. The Balaban J connectivity index is 2.27. The van der Waals surface area contributed by atoms with Crippen molar-refractivity contribution in [2.24, 2.45) is 5.73 Å². The van der Waals surface area contributed by atoms with Crippen molar-refractivity contribution in [1.82, 2.24) is 0 Å². The Morgan fingerprint density at radius 3 is 3.00 bits per heavy atom. The zero-order valence-corrected chi connectivity index (χ0v) is 7.38. The van der Waals surface area contributed by atoms with Gasteiger partial charge in [-0.05, 0) is 6.92 Å². The third-order valence-electron chi connectivity index (χ3n) is 1.83. The molecule has 3 heteroatoms. The Bertz CT molecular complexity index is 177. The van der Waals surface area contributed by atoms with Crippen LogP contribution in [-0.4, -0.2) is 32.0 Å². The second kappa shape index (κ2) is 5.15. The van der Waals surface area contributed by atoms with Crippen LogP contribution in [0.25, 0.3) is 0 Å². The largest absolute Gasteiger partial charge is 0.376 e. The van der Waals surface area contributed by atoms with Gasteiger partial charge in [0, 0.05) is 12.5 Å². The van der Waals surface area contributed by atoms with Crippen LogP contribution in [-0.2, 0) is 9.47 Å². The van der Waals surface area contributed by atoms with Crippen molar-refractivity contribution in [1.29, 1.82) is 0 Å². The molecule has 0 amide bonds. The third-order valence-corrected chi connectivity index (χ3v) is 1.83. The number of ether oxygens (including phenoxy) is 2. The summed E-state index contributed by atoms with van der Waals surface area (Å²) in [6, 6.07) is -0.0160. The van der Waals surface area contributed by atoms with Crippen LogP contribution in [0.1, 0.15) is 13.3 Å². The highest BCUT2D eigenvalue weighted by molar-refractivity contribution is 4.99. The summed E-state index contributed by atoms with van der Waals surface area (Å²) in [5.74, 6) is 5.75. The van der Waals surface area contributed by atoms with Crippen LogP contribution in [0.2, 0.25) is 0 Å². The topological polar surface area (TPSA) is 44.5 Å². The molecule has 1 aliphatic heterocycles. The lowest BCUT2D eigenvalue weighted by molar-refractivity contribution is -0.0962. The molecule has 0 aliphatic carbocycles. The fraction of sp³-hybridized carbons (Fsp3) is 0.778. The van der Waals surface area contributed by atoms with Gasteiger partial charge in [0.1, 0.15) is 0 Å². The molecule has 1 saturated heterocycles. The van der Waals surface area contributed by atoms with E-state index in [9.17, 15) is 0 Å². The van der Waals surface area contributed by atoms with Crippen LogP contribution in [0.4, 0.5) is 0 Å². The molecule has 12 heavy (non-hydrogen) atoms. The lowest BCUT2D eigenvalue weighted by atomic mass is 10.1. The minimum Gasteiger partial charge on any atom is -0.376 e. The van der Waals surface area contributed by atoms with Gasteiger partial charge in [0.05, 0.1) is 25.9 Å². The fourth-order valence-electron chi connectivity index (χ4n) is 1.10. The zero-order chi connectivity index (χ0) is 8.81. The number of hydrogen-bond acceptors (Lipinski definition) is 3. The van der Waals surface area contributed by atoms with Crippen molar-refractivity contribution in [3.63, 3.8) is 0 Å². The number of nitrogens with two attached hydrogens (primary N) is 1. The Kier molecular flexibility index (Phi) is 4.09. The van der Waals surface area contributed by atoms with E-state index >= 15 is 0 Å². The summed E-state index contributed by atoms with van der Waals surface area (Å²) in [5, 5.41) is 0. The van der Waals surface area contributed by atoms with E-state index in [-0.39, 0.29) is 12.1 Å². The standard InChI is InChI=1S/C9H15NO2/c1-2-3-4-8(10)9-7-11-5-6-12-9/h8-9H,4-7,10H2,1H3. The van der Waals surface area contributed by atoms with Crippen LogP contribution in [0, 0.1) is 11.8 Å². The van der Waals surface area contributed by atoms with Gasteiger partial charge in [-0.25, -0.2) is 0 Å². The van der Waals surface area contributed by atoms with Gasteiger partial charge in [0.25, 0.3) is 0 Å². The van der Waals surface area contributed by atoms with E-state index < -0.39 is 0 Å². The maximum atomic E-state index is 5.83. The minimum atomic E-state index is -0.0160. The normalized spacial score (nSPS) is 25.7. The minimum absolute atomic E-state index is 0.0160. The monoisotopic (exact) mass is 169 g/mol. The van der Waals surface area contributed by atoms with Crippen molar-refractivity contribution in [2.75, 3.05) is 19.8 Å². The molecule has 0 spiro atoms. The van der Waals surface area contributed by atoms with Crippen LogP contribution in [0.3, 0.4) is 0 Å². The maximum absolute atomic E-state index is 5.83. The van der Waals surface area contributed by atoms with E-state index in [1.54, 1.807) is 0 Å². The van der Waals surface area contributed by atoms with Crippen molar-refractivity contribution < 1.29 is 9.47 Å². The molecule has 0 bridgehead atoms. The highest BCUT2D eigenvalue weighted by Crippen LogP contribution is 2.06. The van der Waals surface area contributed by atoms with Gasteiger partial charge < -0.3 is 15.2 Å². The maximum Gasteiger partial charge on any atom is 0.0969 e. The average Bonchev–Trinajstić information content (AvgIpc) is 2.15. The first kappa shape index (κ1) is 9.53. The second-order valence-corrected chi connectivity index (χ2v) is 2.78. The molecule has 2 atom stereocenters. The molecule has 1 heterocycles. The molecule has 1 fully saturated rings.